The molecular weight excluding hydrogens is 168 g/mol. The highest BCUT2D eigenvalue weighted by Crippen LogP contribution is 2.19. The second-order valence-corrected chi connectivity index (χ2v) is 3.79. The number of allylic oxidation sites excluding steroid dienone is 3. The van der Waals surface area contributed by atoms with Crippen molar-refractivity contribution in [3.8, 4) is 0 Å². The first-order valence-electron chi connectivity index (χ1n) is 5.35. The summed E-state index contributed by atoms with van der Waals surface area (Å²) < 4.78 is 0. The minimum atomic E-state index is 0.656. The smallest absolute Gasteiger partial charge is 0.00501 e. The van der Waals surface area contributed by atoms with Gasteiger partial charge in [-0.2, -0.15) is 0 Å². The van der Waals surface area contributed by atoms with Crippen molar-refractivity contribution in [1.29, 1.82) is 0 Å². The molecule has 1 aromatic rings. The molecule has 0 amide bonds. The molecular formula is C14H16. The molecule has 0 N–H and O–H groups in total. The van der Waals surface area contributed by atoms with Gasteiger partial charge in [0.1, 0.15) is 0 Å². The second kappa shape index (κ2) is 4.80. The van der Waals surface area contributed by atoms with Crippen molar-refractivity contribution in [3.05, 3.63) is 54.1 Å². The van der Waals surface area contributed by atoms with E-state index < -0.39 is 0 Å². The monoisotopic (exact) mass is 184 g/mol. The molecule has 1 aliphatic carbocycles. The molecule has 0 heterocycles. The minimum Gasteiger partial charge on any atom is -0.0879 e. The molecule has 0 fully saturated rings. The Morgan fingerprint density at radius 1 is 1.14 bits per heavy atom. The quantitative estimate of drug-likeness (QED) is 0.608. The summed E-state index contributed by atoms with van der Waals surface area (Å²) in [6, 6.07) is 10.5. The van der Waals surface area contributed by atoms with Crippen LogP contribution in [0.4, 0.5) is 0 Å². The third-order valence-electron chi connectivity index (χ3n) is 2.63. The maximum atomic E-state index is 2.32. The van der Waals surface area contributed by atoms with Gasteiger partial charge in [0.2, 0.25) is 0 Å². The summed E-state index contributed by atoms with van der Waals surface area (Å²) in [6.07, 6.45) is 13.0. The van der Waals surface area contributed by atoms with E-state index in [4.69, 9.17) is 0 Å². The van der Waals surface area contributed by atoms with E-state index in [0.717, 1.165) is 0 Å². The zero-order chi connectivity index (χ0) is 9.64. The van der Waals surface area contributed by atoms with Crippen LogP contribution in [0.25, 0.3) is 6.08 Å². The number of rotatable bonds is 2. The summed E-state index contributed by atoms with van der Waals surface area (Å²) in [5, 5.41) is 0. The van der Waals surface area contributed by atoms with Gasteiger partial charge < -0.3 is 0 Å². The first-order valence-corrected chi connectivity index (χ1v) is 5.35. The summed E-state index contributed by atoms with van der Waals surface area (Å²) in [5.41, 5.74) is 1.30. The van der Waals surface area contributed by atoms with Gasteiger partial charge in [-0.25, -0.2) is 0 Å². The van der Waals surface area contributed by atoms with Gasteiger partial charge in [-0.15, -0.1) is 0 Å². The number of hydrogen-bond acceptors (Lipinski definition) is 0. The summed E-state index contributed by atoms with van der Waals surface area (Å²) in [4.78, 5) is 0. The van der Waals surface area contributed by atoms with Crippen molar-refractivity contribution in [3.63, 3.8) is 0 Å². The molecule has 2 rings (SSSR count). The summed E-state index contributed by atoms with van der Waals surface area (Å²) in [7, 11) is 0. The highest BCUT2D eigenvalue weighted by atomic mass is 14.1. The SMILES string of the molecule is C1=CC(C=Cc2ccccc2)CCC1. The lowest BCUT2D eigenvalue weighted by Crippen LogP contribution is -1.95. The van der Waals surface area contributed by atoms with Crippen LogP contribution in [0.15, 0.2) is 48.6 Å². The maximum Gasteiger partial charge on any atom is -0.00501 e. The highest BCUT2D eigenvalue weighted by molar-refractivity contribution is 5.49. The van der Waals surface area contributed by atoms with Gasteiger partial charge in [0.15, 0.2) is 0 Å². The van der Waals surface area contributed by atoms with Gasteiger partial charge in [0.05, 0.1) is 0 Å². The van der Waals surface area contributed by atoms with E-state index in [1.807, 2.05) is 0 Å². The Morgan fingerprint density at radius 2 is 2.00 bits per heavy atom. The average Bonchev–Trinajstić information content (AvgIpc) is 2.29. The van der Waals surface area contributed by atoms with Crippen molar-refractivity contribution < 1.29 is 0 Å². The molecule has 0 heteroatoms. The fourth-order valence-corrected chi connectivity index (χ4v) is 1.80. The normalized spacial score (nSPS) is 21.6. The molecule has 0 spiro atoms. The van der Waals surface area contributed by atoms with Crippen molar-refractivity contribution in [2.45, 2.75) is 19.3 Å². The summed E-state index contributed by atoms with van der Waals surface area (Å²) in [6.45, 7) is 0. The standard InChI is InChI=1S/C14H16/c1-3-7-13(8-4-1)11-12-14-9-5-2-6-10-14/h1,3-5,7-9,11-12,14H,2,6,10H2. The summed E-state index contributed by atoms with van der Waals surface area (Å²) in [5.74, 6) is 0.656. The Balaban J connectivity index is 1.99. The zero-order valence-electron chi connectivity index (χ0n) is 8.39. The third kappa shape index (κ3) is 2.59. The van der Waals surface area contributed by atoms with Crippen LogP contribution in [0.1, 0.15) is 24.8 Å². The van der Waals surface area contributed by atoms with Crippen LogP contribution in [0, 0.1) is 5.92 Å². The average molecular weight is 184 g/mol. The molecule has 14 heavy (non-hydrogen) atoms. The van der Waals surface area contributed by atoms with Gasteiger partial charge in [0.25, 0.3) is 0 Å². The third-order valence-corrected chi connectivity index (χ3v) is 2.63. The van der Waals surface area contributed by atoms with Gasteiger partial charge in [-0.3, -0.25) is 0 Å². The Bertz CT molecular complexity index is 319. The number of hydrogen-bond donors (Lipinski definition) is 0. The minimum absolute atomic E-state index is 0.656. The van der Waals surface area contributed by atoms with Crippen molar-refractivity contribution in [1.82, 2.24) is 0 Å². The van der Waals surface area contributed by atoms with Crippen molar-refractivity contribution in [2.75, 3.05) is 0 Å². The van der Waals surface area contributed by atoms with Crippen LogP contribution < -0.4 is 0 Å². The Labute approximate surface area is 86.0 Å². The molecule has 0 aromatic heterocycles. The van der Waals surface area contributed by atoms with E-state index in [0.29, 0.717) is 5.92 Å². The lowest BCUT2D eigenvalue weighted by molar-refractivity contribution is 0.632. The van der Waals surface area contributed by atoms with E-state index in [9.17, 15) is 0 Å². The largest absolute Gasteiger partial charge is 0.0879 e. The van der Waals surface area contributed by atoms with Gasteiger partial charge in [-0.1, -0.05) is 54.6 Å². The molecule has 0 bridgehead atoms. The van der Waals surface area contributed by atoms with Crippen molar-refractivity contribution in [2.24, 2.45) is 5.92 Å². The molecule has 1 unspecified atom stereocenters. The van der Waals surface area contributed by atoms with Crippen LogP contribution in [0.3, 0.4) is 0 Å². The van der Waals surface area contributed by atoms with E-state index >= 15 is 0 Å². The molecule has 72 valence electrons. The molecule has 0 aliphatic heterocycles. The fraction of sp³-hybridized carbons (Fsp3) is 0.286. The highest BCUT2D eigenvalue weighted by Gasteiger charge is 2.03. The predicted octanol–water partition coefficient (Wildman–Crippen LogP) is 4.06. The molecule has 0 saturated heterocycles. The summed E-state index contributed by atoms with van der Waals surface area (Å²) >= 11 is 0. The number of benzene rings is 1. The Morgan fingerprint density at radius 3 is 2.71 bits per heavy atom. The lowest BCUT2D eigenvalue weighted by Gasteiger charge is -2.11. The molecule has 0 radical (unpaired) electrons. The van der Waals surface area contributed by atoms with Crippen LogP contribution in [0.5, 0.6) is 0 Å². The Kier molecular flexibility index (Phi) is 3.18. The topological polar surface area (TPSA) is 0 Å². The molecule has 0 nitrogen and oxygen atoms in total. The lowest BCUT2D eigenvalue weighted by atomic mass is 9.95. The van der Waals surface area contributed by atoms with E-state index in [1.54, 1.807) is 0 Å². The first kappa shape index (κ1) is 9.26. The van der Waals surface area contributed by atoms with E-state index in [2.05, 4.69) is 54.6 Å². The van der Waals surface area contributed by atoms with E-state index in [-0.39, 0.29) is 0 Å². The van der Waals surface area contributed by atoms with Crippen molar-refractivity contribution >= 4 is 6.08 Å². The van der Waals surface area contributed by atoms with Crippen LogP contribution in [-0.2, 0) is 0 Å². The Hall–Kier alpha value is -1.30. The molecule has 1 atom stereocenters. The zero-order valence-corrected chi connectivity index (χ0v) is 8.39. The molecule has 1 aromatic carbocycles. The predicted molar refractivity (Wildman–Crippen MR) is 62.0 cm³/mol. The van der Waals surface area contributed by atoms with Gasteiger partial charge >= 0.3 is 0 Å². The van der Waals surface area contributed by atoms with Crippen LogP contribution in [-0.4, -0.2) is 0 Å². The first-order chi connectivity index (χ1) is 6.95. The molecule has 0 saturated carbocycles. The van der Waals surface area contributed by atoms with E-state index in [1.165, 1.54) is 24.8 Å². The maximum absolute atomic E-state index is 2.32. The van der Waals surface area contributed by atoms with Crippen LogP contribution in [0.2, 0.25) is 0 Å². The fourth-order valence-electron chi connectivity index (χ4n) is 1.80. The second-order valence-electron chi connectivity index (χ2n) is 3.79. The molecule has 1 aliphatic rings. The van der Waals surface area contributed by atoms with Gasteiger partial charge in [0, 0.05) is 0 Å². The van der Waals surface area contributed by atoms with Crippen LogP contribution >= 0.6 is 0 Å². The van der Waals surface area contributed by atoms with Gasteiger partial charge in [-0.05, 0) is 30.7 Å².